The number of benzene rings is 2. The van der Waals surface area contributed by atoms with Crippen molar-refractivity contribution in [1.82, 2.24) is 0 Å². The first kappa shape index (κ1) is 32.0. The van der Waals surface area contributed by atoms with Crippen molar-refractivity contribution in [3.05, 3.63) is 59.7 Å². The Morgan fingerprint density at radius 1 is 0.718 bits per heavy atom. The highest BCUT2D eigenvalue weighted by molar-refractivity contribution is 5.96. The van der Waals surface area contributed by atoms with Gasteiger partial charge in [0.1, 0.15) is 13.2 Å². The third-order valence-electron chi connectivity index (χ3n) is 4.79. The predicted octanol–water partition coefficient (Wildman–Crippen LogP) is 3.77. The summed E-state index contributed by atoms with van der Waals surface area (Å²) in [6.07, 6.45) is -4.48. The minimum atomic E-state index is -4.48. The van der Waals surface area contributed by atoms with Gasteiger partial charge in [0, 0.05) is 5.69 Å². The quantitative estimate of drug-likeness (QED) is 0.183. The molecular weight excluding hydrogens is 527 g/mol. The van der Waals surface area contributed by atoms with Crippen LogP contribution in [0.2, 0.25) is 0 Å². The van der Waals surface area contributed by atoms with Gasteiger partial charge in [-0.2, -0.15) is 13.2 Å². The number of anilines is 2. The van der Waals surface area contributed by atoms with Crippen LogP contribution in [-0.4, -0.2) is 89.7 Å². The van der Waals surface area contributed by atoms with Gasteiger partial charge in [-0.25, -0.2) is 9.59 Å². The normalized spacial score (nSPS) is 11.4. The van der Waals surface area contributed by atoms with Gasteiger partial charge in [-0.05, 0) is 30.3 Å². The maximum absolute atomic E-state index is 13.0. The molecule has 0 heterocycles. The number of ether oxygens (including phenoxy) is 6. The van der Waals surface area contributed by atoms with E-state index in [1.54, 1.807) is 18.2 Å². The molecule has 0 radical (unpaired) electrons. The van der Waals surface area contributed by atoms with E-state index in [0.29, 0.717) is 38.7 Å². The van der Waals surface area contributed by atoms with E-state index in [1.807, 2.05) is 0 Å². The zero-order valence-electron chi connectivity index (χ0n) is 21.2. The summed E-state index contributed by atoms with van der Waals surface area (Å²) in [4.78, 5) is 22.7. The smallest absolute Gasteiger partial charge is 0.416 e. The summed E-state index contributed by atoms with van der Waals surface area (Å²) in [5, 5.41) is 11.2. The molecule has 0 saturated carbocycles. The highest BCUT2D eigenvalue weighted by Crippen LogP contribution is 2.32. The van der Waals surface area contributed by atoms with Crippen LogP contribution in [0.4, 0.5) is 24.5 Å². The standard InChI is InChI=1S/C26H32F3NO9/c27-26(28,29)20-4-3-5-21(18-20)30-23-7-2-1-6-22(23)25(33)39-17-16-37-13-12-35-9-8-34-10-11-36-14-15-38-19-24(31)32/h1-7,18,30H,8-17,19H2,(H,31,32). The van der Waals surface area contributed by atoms with Crippen molar-refractivity contribution in [2.75, 3.05) is 78.0 Å². The number of para-hydroxylation sites is 1. The Bertz CT molecular complexity index is 1000. The van der Waals surface area contributed by atoms with Crippen LogP contribution < -0.4 is 5.32 Å². The van der Waals surface area contributed by atoms with E-state index in [9.17, 15) is 22.8 Å². The van der Waals surface area contributed by atoms with Crippen LogP contribution >= 0.6 is 0 Å². The van der Waals surface area contributed by atoms with Crippen LogP contribution in [0.5, 0.6) is 0 Å². The first-order chi connectivity index (χ1) is 18.8. The molecule has 13 heteroatoms. The van der Waals surface area contributed by atoms with E-state index >= 15 is 0 Å². The monoisotopic (exact) mass is 559 g/mol. The minimum Gasteiger partial charge on any atom is -0.480 e. The number of esters is 1. The number of halogens is 3. The molecule has 0 saturated heterocycles. The number of hydrogen-bond acceptors (Lipinski definition) is 9. The molecule has 0 unspecified atom stereocenters. The van der Waals surface area contributed by atoms with Gasteiger partial charge in [0.05, 0.1) is 76.3 Å². The zero-order chi connectivity index (χ0) is 28.3. The second-order valence-corrected chi connectivity index (χ2v) is 7.78. The molecule has 0 aromatic heterocycles. The third kappa shape index (κ3) is 13.9. The van der Waals surface area contributed by atoms with E-state index in [1.165, 1.54) is 18.2 Å². The predicted molar refractivity (Wildman–Crippen MR) is 133 cm³/mol. The van der Waals surface area contributed by atoms with Crippen molar-refractivity contribution < 1.29 is 56.3 Å². The summed E-state index contributed by atoms with van der Waals surface area (Å²) in [5.41, 5.74) is -0.123. The van der Waals surface area contributed by atoms with Crippen LogP contribution in [0.25, 0.3) is 0 Å². The summed E-state index contributed by atoms with van der Waals surface area (Å²) in [6.45, 7) is 2.29. The lowest BCUT2D eigenvalue weighted by Gasteiger charge is -2.13. The fourth-order valence-electron chi connectivity index (χ4n) is 3.01. The van der Waals surface area contributed by atoms with Gasteiger partial charge in [-0.3, -0.25) is 0 Å². The molecule has 0 fully saturated rings. The molecule has 10 nitrogen and oxygen atoms in total. The van der Waals surface area contributed by atoms with Crippen LogP contribution in [0.1, 0.15) is 15.9 Å². The molecule has 2 aromatic rings. The van der Waals surface area contributed by atoms with Crippen LogP contribution in [0, 0.1) is 0 Å². The summed E-state index contributed by atoms with van der Waals surface area (Å²) < 4.78 is 70.2. The van der Waals surface area contributed by atoms with Gasteiger partial charge in [-0.15, -0.1) is 0 Å². The van der Waals surface area contributed by atoms with Crippen LogP contribution in [0.15, 0.2) is 48.5 Å². The number of hydrogen-bond donors (Lipinski definition) is 2. The highest BCUT2D eigenvalue weighted by atomic mass is 19.4. The topological polar surface area (TPSA) is 122 Å². The molecule has 39 heavy (non-hydrogen) atoms. The molecule has 216 valence electrons. The van der Waals surface area contributed by atoms with E-state index < -0.39 is 23.7 Å². The largest absolute Gasteiger partial charge is 0.480 e. The fraction of sp³-hybridized carbons (Fsp3) is 0.462. The zero-order valence-corrected chi connectivity index (χ0v) is 21.2. The van der Waals surface area contributed by atoms with Crippen molar-refractivity contribution in [2.45, 2.75) is 6.18 Å². The summed E-state index contributed by atoms with van der Waals surface area (Å²) >= 11 is 0. The van der Waals surface area contributed by atoms with Crippen molar-refractivity contribution >= 4 is 23.3 Å². The number of carbonyl (C=O) groups is 2. The molecule has 0 aliphatic carbocycles. The molecule has 0 aliphatic rings. The van der Waals surface area contributed by atoms with E-state index in [0.717, 1.165) is 12.1 Å². The number of carbonyl (C=O) groups excluding carboxylic acids is 1. The lowest BCUT2D eigenvalue weighted by Crippen LogP contribution is -2.15. The molecule has 2 aromatic carbocycles. The molecule has 0 aliphatic heterocycles. The van der Waals surface area contributed by atoms with Gasteiger partial charge in [-0.1, -0.05) is 18.2 Å². The Labute approximate surface area is 223 Å². The Morgan fingerprint density at radius 3 is 1.82 bits per heavy atom. The first-order valence-electron chi connectivity index (χ1n) is 12.1. The van der Waals surface area contributed by atoms with Crippen molar-refractivity contribution in [3.63, 3.8) is 0 Å². The van der Waals surface area contributed by atoms with Crippen LogP contribution in [-0.2, 0) is 39.4 Å². The Balaban J connectivity index is 1.53. The molecule has 0 atom stereocenters. The minimum absolute atomic E-state index is 0.0127. The number of carboxylic acid groups (broad SMARTS) is 1. The second-order valence-electron chi connectivity index (χ2n) is 7.78. The average molecular weight is 560 g/mol. The fourth-order valence-corrected chi connectivity index (χ4v) is 3.01. The van der Waals surface area contributed by atoms with Crippen molar-refractivity contribution in [2.24, 2.45) is 0 Å². The lowest BCUT2D eigenvalue weighted by molar-refractivity contribution is -0.142. The summed E-state index contributed by atoms with van der Waals surface area (Å²) in [6, 6.07) is 11.0. The molecule has 0 amide bonds. The maximum atomic E-state index is 13.0. The molecule has 2 N–H and O–H groups in total. The van der Waals surface area contributed by atoms with E-state index in [4.69, 9.17) is 33.5 Å². The summed E-state index contributed by atoms with van der Waals surface area (Å²) in [7, 11) is 0. The molecule has 0 bridgehead atoms. The number of carboxylic acids is 1. The van der Waals surface area contributed by atoms with E-state index in [-0.39, 0.29) is 50.9 Å². The Kier molecular flexibility index (Phi) is 14.9. The van der Waals surface area contributed by atoms with Crippen LogP contribution in [0.3, 0.4) is 0 Å². The SMILES string of the molecule is O=C(O)COCCOCCOCCOCCOCCOC(=O)c1ccccc1Nc1cccc(C(F)(F)F)c1. The number of rotatable bonds is 20. The first-order valence-corrected chi connectivity index (χ1v) is 12.1. The Hall–Kier alpha value is -3.23. The lowest BCUT2D eigenvalue weighted by atomic mass is 10.1. The van der Waals surface area contributed by atoms with Gasteiger partial charge in [0.2, 0.25) is 0 Å². The number of aliphatic carboxylic acids is 1. The third-order valence-corrected chi connectivity index (χ3v) is 4.79. The van der Waals surface area contributed by atoms with Crippen molar-refractivity contribution in [3.8, 4) is 0 Å². The van der Waals surface area contributed by atoms with Gasteiger partial charge in [0.25, 0.3) is 0 Å². The average Bonchev–Trinajstić information content (AvgIpc) is 2.90. The van der Waals surface area contributed by atoms with E-state index in [2.05, 4.69) is 5.32 Å². The van der Waals surface area contributed by atoms with Gasteiger partial charge in [0.15, 0.2) is 0 Å². The van der Waals surface area contributed by atoms with Gasteiger partial charge < -0.3 is 38.8 Å². The van der Waals surface area contributed by atoms with Gasteiger partial charge >= 0.3 is 18.1 Å². The number of alkyl halides is 3. The highest BCUT2D eigenvalue weighted by Gasteiger charge is 2.30. The molecular formula is C26H32F3NO9. The second kappa shape index (κ2) is 18.1. The molecule has 2 rings (SSSR count). The Morgan fingerprint density at radius 2 is 1.26 bits per heavy atom. The maximum Gasteiger partial charge on any atom is 0.416 e. The summed E-state index contributed by atoms with van der Waals surface area (Å²) in [5.74, 6) is -1.67. The molecule has 0 spiro atoms. The number of nitrogens with one attached hydrogen (secondary N) is 1. The van der Waals surface area contributed by atoms with Crippen molar-refractivity contribution in [1.29, 1.82) is 0 Å².